The Bertz CT molecular complexity index is 455. The molecule has 0 spiro atoms. The van der Waals surface area contributed by atoms with Crippen molar-refractivity contribution in [3.63, 3.8) is 0 Å². The van der Waals surface area contributed by atoms with E-state index in [2.05, 4.69) is 0 Å². The maximum absolute atomic E-state index is 13.5. The van der Waals surface area contributed by atoms with Gasteiger partial charge < -0.3 is 14.7 Å². The lowest BCUT2D eigenvalue weighted by molar-refractivity contribution is -0.143. The number of amides is 1. The van der Waals surface area contributed by atoms with Crippen molar-refractivity contribution in [3.8, 4) is 5.75 Å². The van der Waals surface area contributed by atoms with Gasteiger partial charge in [-0.25, -0.2) is 4.39 Å². The molecular weight excluding hydrogens is 253 g/mol. The van der Waals surface area contributed by atoms with Crippen molar-refractivity contribution in [3.05, 3.63) is 29.6 Å². The standard InChI is InChI=1S/C13H16FNO4/c1-3-19-11(17)7-8-15(2)13(18)12-9(14)5-4-6-10(12)16/h4-6,16H,3,7-8H2,1-2H3. The molecule has 19 heavy (non-hydrogen) atoms. The van der Waals surface area contributed by atoms with Crippen LogP contribution in [0.25, 0.3) is 0 Å². The second-order valence-electron chi connectivity index (χ2n) is 3.92. The van der Waals surface area contributed by atoms with Crippen LogP contribution in [0.3, 0.4) is 0 Å². The van der Waals surface area contributed by atoms with Crippen molar-refractivity contribution in [2.45, 2.75) is 13.3 Å². The number of nitrogens with zero attached hydrogens (tertiary/aromatic N) is 1. The van der Waals surface area contributed by atoms with E-state index in [1.807, 2.05) is 0 Å². The summed E-state index contributed by atoms with van der Waals surface area (Å²) in [6.07, 6.45) is 0.0191. The Kier molecular flexibility index (Phi) is 5.29. The van der Waals surface area contributed by atoms with Crippen LogP contribution in [0.15, 0.2) is 18.2 Å². The maximum atomic E-state index is 13.5. The molecule has 0 radical (unpaired) electrons. The highest BCUT2D eigenvalue weighted by Gasteiger charge is 2.20. The Morgan fingerprint density at radius 3 is 2.68 bits per heavy atom. The summed E-state index contributed by atoms with van der Waals surface area (Å²) in [6.45, 7) is 2.04. The molecule has 0 bridgehead atoms. The number of phenolic OH excluding ortho intramolecular Hbond substituents is 1. The molecule has 0 fully saturated rings. The number of esters is 1. The van der Waals surface area contributed by atoms with E-state index in [0.717, 1.165) is 11.0 Å². The first kappa shape index (κ1) is 14.9. The molecule has 0 saturated heterocycles. The predicted octanol–water partition coefficient (Wildman–Crippen LogP) is 1.56. The van der Waals surface area contributed by atoms with E-state index in [0.29, 0.717) is 0 Å². The van der Waals surface area contributed by atoms with Gasteiger partial charge in [0.25, 0.3) is 5.91 Å². The molecule has 1 rings (SSSR count). The number of benzene rings is 1. The van der Waals surface area contributed by atoms with Gasteiger partial charge in [-0.1, -0.05) is 6.07 Å². The average molecular weight is 269 g/mol. The Morgan fingerprint density at radius 2 is 2.11 bits per heavy atom. The van der Waals surface area contributed by atoms with E-state index < -0.39 is 29.0 Å². The lowest BCUT2D eigenvalue weighted by atomic mass is 10.1. The van der Waals surface area contributed by atoms with Crippen molar-refractivity contribution in [2.75, 3.05) is 20.2 Å². The second-order valence-corrected chi connectivity index (χ2v) is 3.92. The molecule has 1 aromatic carbocycles. The quantitative estimate of drug-likeness (QED) is 0.824. The Morgan fingerprint density at radius 1 is 1.42 bits per heavy atom. The van der Waals surface area contributed by atoms with Crippen molar-refractivity contribution in [2.24, 2.45) is 0 Å². The summed E-state index contributed by atoms with van der Waals surface area (Å²) in [5, 5.41) is 9.49. The SMILES string of the molecule is CCOC(=O)CCN(C)C(=O)c1c(O)cccc1F. The molecule has 0 unspecified atom stereocenters. The first-order chi connectivity index (χ1) is 8.97. The summed E-state index contributed by atoms with van der Waals surface area (Å²) in [4.78, 5) is 24.2. The van der Waals surface area contributed by atoms with Crippen LogP contribution in [-0.2, 0) is 9.53 Å². The van der Waals surface area contributed by atoms with E-state index in [-0.39, 0.29) is 19.6 Å². The molecule has 1 amide bonds. The van der Waals surface area contributed by atoms with Crippen LogP contribution >= 0.6 is 0 Å². The van der Waals surface area contributed by atoms with Gasteiger partial charge in [-0.15, -0.1) is 0 Å². The van der Waals surface area contributed by atoms with Crippen LogP contribution in [0.5, 0.6) is 5.75 Å². The van der Waals surface area contributed by atoms with Crippen molar-refractivity contribution in [1.29, 1.82) is 0 Å². The summed E-state index contributed by atoms with van der Waals surface area (Å²) in [6, 6.07) is 3.63. The van der Waals surface area contributed by atoms with Crippen LogP contribution in [0.2, 0.25) is 0 Å². The summed E-state index contributed by atoms with van der Waals surface area (Å²) in [5.41, 5.74) is -0.395. The molecule has 1 aromatic rings. The van der Waals surface area contributed by atoms with E-state index in [1.165, 1.54) is 19.2 Å². The Labute approximate surface area is 110 Å². The fraction of sp³-hybridized carbons (Fsp3) is 0.385. The highest BCUT2D eigenvalue weighted by Crippen LogP contribution is 2.21. The van der Waals surface area contributed by atoms with Crippen LogP contribution < -0.4 is 0 Å². The zero-order valence-corrected chi connectivity index (χ0v) is 10.9. The average Bonchev–Trinajstić information content (AvgIpc) is 2.36. The van der Waals surface area contributed by atoms with Crippen molar-refractivity contribution >= 4 is 11.9 Å². The molecule has 0 heterocycles. The molecule has 0 atom stereocenters. The molecule has 0 aliphatic rings. The normalized spacial score (nSPS) is 10.1. The van der Waals surface area contributed by atoms with Gasteiger partial charge in [0, 0.05) is 13.6 Å². The van der Waals surface area contributed by atoms with Gasteiger partial charge in [0.05, 0.1) is 13.0 Å². The van der Waals surface area contributed by atoms with Gasteiger partial charge in [0.15, 0.2) is 0 Å². The second kappa shape index (κ2) is 6.72. The molecule has 0 aliphatic carbocycles. The third-order valence-electron chi connectivity index (χ3n) is 2.51. The van der Waals surface area contributed by atoms with E-state index in [4.69, 9.17) is 4.74 Å². The van der Waals surface area contributed by atoms with Gasteiger partial charge in [-0.05, 0) is 19.1 Å². The molecule has 0 saturated carbocycles. The minimum absolute atomic E-state index is 0.0191. The lowest BCUT2D eigenvalue weighted by Gasteiger charge is -2.17. The number of ether oxygens (including phenoxy) is 1. The number of phenols is 1. The summed E-state index contributed by atoms with van der Waals surface area (Å²) in [7, 11) is 1.42. The smallest absolute Gasteiger partial charge is 0.307 e. The monoisotopic (exact) mass is 269 g/mol. The van der Waals surface area contributed by atoms with Gasteiger partial charge >= 0.3 is 5.97 Å². The molecule has 6 heteroatoms. The minimum Gasteiger partial charge on any atom is -0.507 e. The summed E-state index contributed by atoms with van der Waals surface area (Å²) >= 11 is 0. The van der Waals surface area contributed by atoms with E-state index in [1.54, 1.807) is 6.92 Å². The first-order valence-corrected chi connectivity index (χ1v) is 5.86. The fourth-order valence-corrected chi connectivity index (χ4v) is 1.51. The summed E-state index contributed by atoms with van der Waals surface area (Å²) in [5.74, 6) is -2.33. The number of aromatic hydroxyl groups is 1. The van der Waals surface area contributed by atoms with Crippen LogP contribution in [-0.4, -0.2) is 42.1 Å². The highest BCUT2D eigenvalue weighted by molar-refractivity contribution is 5.97. The van der Waals surface area contributed by atoms with E-state index in [9.17, 15) is 19.1 Å². The van der Waals surface area contributed by atoms with Gasteiger partial charge in [-0.2, -0.15) is 0 Å². The van der Waals surface area contributed by atoms with Gasteiger partial charge in [-0.3, -0.25) is 9.59 Å². The topological polar surface area (TPSA) is 66.8 Å². The van der Waals surface area contributed by atoms with Crippen LogP contribution in [0.1, 0.15) is 23.7 Å². The van der Waals surface area contributed by atoms with Crippen molar-refractivity contribution < 1.29 is 23.8 Å². The number of carbonyl (C=O) groups excluding carboxylic acids is 2. The lowest BCUT2D eigenvalue weighted by Crippen LogP contribution is -2.30. The number of rotatable bonds is 5. The zero-order valence-electron chi connectivity index (χ0n) is 10.9. The molecule has 0 aromatic heterocycles. The van der Waals surface area contributed by atoms with E-state index >= 15 is 0 Å². The van der Waals surface area contributed by atoms with Gasteiger partial charge in [0.1, 0.15) is 17.1 Å². The van der Waals surface area contributed by atoms with Crippen LogP contribution in [0.4, 0.5) is 4.39 Å². The maximum Gasteiger partial charge on any atom is 0.307 e. The van der Waals surface area contributed by atoms with Gasteiger partial charge in [0.2, 0.25) is 0 Å². The molecule has 0 aliphatic heterocycles. The first-order valence-electron chi connectivity index (χ1n) is 5.86. The molecular formula is C13H16FNO4. The summed E-state index contributed by atoms with van der Waals surface area (Å²) < 4.78 is 18.2. The number of hydrogen-bond donors (Lipinski definition) is 1. The Balaban J connectivity index is 2.70. The number of halogens is 1. The fourth-order valence-electron chi connectivity index (χ4n) is 1.51. The minimum atomic E-state index is -0.798. The predicted molar refractivity (Wildman–Crippen MR) is 66.3 cm³/mol. The number of hydrogen-bond acceptors (Lipinski definition) is 4. The third kappa shape index (κ3) is 3.94. The Hall–Kier alpha value is -2.11. The third-order valence-corrected chi connectivity index (χ3v) is 2.51. The molecule has 104 valence electrons. The zero-order chi connectivity index (χ0) is 14.4. The largest absolute Gasteiger partial charge is 0.507 e. The van der Waals surface area contributed by atoms with Crippen LogP contribution in [0, 0.1) is 5.82 Å². The highest BCUT2D eigenvalue weighted by atomic mass is 19.1. The molecule has 5 nitrogen and oxygen atoms in total. The number of carbonyl (C=O) groups is 2. The molecule has 1 N–H and O–H groups in total. The van der Waals surface area contributed by atoms with Crippen molar-refractivity contribution in [1.82, 2.24) is 4.90 Å².